The van der Waals surface area contributed by atoms with Crippen molar-refractivity contribution >= 4 is 15.1 Å². The molecule has 0 bridgehead atoms. The van der Waals surface area contributed by atoms with E-state index in [1.165, 1.54) is 0 Å². The van der Waals surface area contributed by atoms with E-state index in [0.717, 1.165) is 25.7 Å². The summed E-state index contributed by atoms with van der Waals surface area (Å²) in [6.45, 7) is 21.2. The van der Waals surface area contributed by atoms with E-state index in [9.17, 15) is 0 Å². The Bertz CT molecular complexity index is 523. The van der Waals surface area contributed by atoms with Gasteiger partial charge in [-0.25, -0.2) is 5.82 Å². The summed E-state index contributed by atoms with van der Waals surface area (Å²) >= 11 is 0. The van der Waals surface area contributed by atoms with Gasteiger partial charge in [-0.1, -0.05) is 20.8 Å². The van der Waals surface area contributed by atoms with Crippen LogP contribution in [0.1, 0.15) is 88.0 Å². The number of rotatable bonds is 8. The maximum atomic E-state index is 6.87. The maximum Gasteiger partial charge on any atom is 0.457 e. The Hall–Kier alpha value is -0.318. The van der Waals surface area contributed by atoms with Gasteiger partial charge in [0.1, 0.15) is 5.60 Å². The van der Waals surface area contributed by atoms with Crippen molar-refractivity contribution in [2.45, 2.75) is 130 Å². The highest BCUT2D eigenvalue weighted by atomic mass is 28.4. The zero-order valence-corrected chi connectivity index (χ0v) is 21.3. The van der Waals surface area contributed by atoms with Crippen LogP contribution in [0.15, 0.2) is 0 Å². The molecule has 4 nitrogen and oxygen atoms in total. The predicted octanol–water partition coefficient (Wildman–Crippen LogP) is 6.08. The van der Waals surface area contributed by atoms with E-state index >= 15 is 0 Å². The van der Waals surface area contributed by atoms with E-state index in [4.69, 9.17) is 18.4 Å². The summed E-state index contributed by atoms with van der Waals surface area (Å²) in [7, 11) is -1.95. The van der Waals surface area contributed by atoms with E-state index in [0.29, 0.717) is 0 Å². The lowest BCUT2D eigenvalue weighted by molar-refractivity contribution is 0.0160. The van der Waals surface area contributed by atoms with Crippen LogP contribution in [0.3, 0.4) is 0 Å². The minimum atomic E-state index is -2.17. The first-order valence-electron chi connectivity index (χ1n) is 11.0. The lowest BCUT2D eigenvalue weighted by Crippen LogP contribution is -2.51. The van der Waals surface area contributed by atoms with Crippen LogP contribution in [0.5, 0.6) is 0 Å². The Balaban J connectivity index is 3.33. The molecule has 6 heteroatoms. The van der Waals surface area contributed by atoms with Gasteiger partial charge in [-0.05, 0) is 85.4 Å². The highest BCUT2D eigenvalue weighted by Crippen LogP contribution is 2.43. The fourth-order valence-corrected chi connectivity index (χ4v) is 4.87. The second kappa shape index (κ2) is 9.66. The van der Waals surface area contributed by atoms with Gasteiger partial charge in [-0.3, -0.25) is 0 Å². The van der Waals surface area contributed by atoms with Crippen LogP contribution in [-0.2, 0) is 18.4 Å². The first-order valence-corrected chi connectivity index (χ1v) is 13.9. The van der Waals surface area contributed by atoms with Crippen LogP contribution in [0.2, 0.25) is 18.1 Å². The zero-order chi connectivity index (χ0) is 21.8. The summed E-state index contributed by atoms with van der Waals surface area (Å²) in [5, 5.41) is 0.143. The van der Waals surface area contributed by atoms with Crippen LogP contribution < -0.4 is 0 Å². The molecular formula is C22H44BO4Si-. The Morgan fingerprint density at radius 2 is 1.21 bits per heavy atom. The van der Waals surface area contributed by atoms with Crippen molar-refractivity contribution < 1.29 is 18.4 Å². The first-order chi connectivity index (χ1) is 12.6. The SMILES string of the molecule is CC(C)O[B-](C#CC1(O[Si](C)(C)C(C)(C)C)CCCC1)(OC(C)C)OC(C)C. The molecule has 0 amide bonds. The smallest absolute Gasteiger partial charge is 0.457 e. The molecule has 1 fully saturated rings. The van der Waals surface area contributed by atoms with Gasteiger partial charge in [0.25, 0.3) is 0 Å². The fraction of sp³-hybridized carbons (Fsp3) is 0.909. The summed E-state index contributed by atoms with van der Waals surface area (Å²) in [6, 6.07) is 0. The average Bonchev–Trinajstić information content (AvgIpc) is 2.90. The van der Waals surface area contributed by atoms with Gasteiger partial charge in [0.15, 0.2) is 8.32 Å². The first kappa shape index (κ1) is 25.7. The molecule has 1 aliphatic carbocycles. The van der Waals surface area contributed by atoms with E-state index in [-0.39, 0.29) is 23.4 Å². The third-order valence-electron chi connectivity index (χ3n) is 5.50. The Morgan fingerprint density at radius 3 is 1.54 bits per heavy atom. The molecular weight excluding hydrogens is 367 g/mol. The third kappa shape index (κ3) is 7.50. The summed E-state index contributed by atoms with van der Waals surface area (Å²) in [5.41, 5.74) is -0.420. The van der Waals surface area contributed by atoms with Gasteiger partial charge in [0, 0.05) is 18.3 Å². The molecule has 0 aromatic rings. The van der Waals surface area contributed by atoms with Gasteiger partial charge < -0.3 is 18.4 Å². The monoisotopic (exact) mass is 411 g/mol. The molecule has 0 saturated heterocycles. The average molecular weight is 411 g/mol. The molecule has 1 saturated carbocycles. The predicted molar refractivity (Wildman–Crippen MR) is 122 cm³/mol. The maximum absolute atomic E-state index is 6.87. The normalized spacial score (nSPS) is 18.1. The molecule has 1 rings (SSSR count). The second-order valence-corrected chi connectivity index (χ2v) is 15.3. The third-order valence-corrected chi connectivity index (χ3v) is 10.0. The molecule has 0 unspecified atom stereocenters. The molecule has 0 aromatic heterocycles. The molecule has 0 aromatic carbocycles. The van der Waals surface area contributed by atoms with Gasteiger partial charge in [0.2, 0.25) is 0 Å². The second-order valence-electron chi connectivity index (χ2n) is 10.5. The number of hydrogen-bond acceptors (Lipinski definition) is 4. The summed E-state index contributed by atoms with van der Waals surface area (Å²) < 4.78 is 25.4. The summed E-state index contributed by atoms with van der Waals surface area (Å²) in [4.78, 5) is 0. The minimum Gasteiger partial charge on any atom is -0.532 e. The van der Waals surface area contributed by atoms with Crippen LogP contribution in [-0.4, -0.2) is 39.0 Å². The Labute approximate surface area is 175 Å². The fourth-order valence-electron chi connectivity index (χ4n) is 3.33. The molecule has 0 aliphatic heterocycles. The standard InChI is InChI=1S/C22H44BO4Si/c1-18(2)24-23(25-19(3)4,26-20(5)6)17-16-22(14-12-13-15-22)27-28(10,11)21(7,8)9/h18-20H,12-15H2,1-11H3/q-1. The van der Waals surface area contributed by atoms with Gasteiger partial charge in [0.05, 0.1) is 0 Å². The highest BCUT2D eigenvalue weighted by Gasteiger charge is 2.45. The van der Waals surface area contributed by atoms with Crippen molar-refractivity contribution in [2.75, 3.05) is 0 Å². The van der Waals surface area contributed by atoms with Crippen LogP contribution >= 0.6 is 0 Å². The van der Waals surface area contributed by atoms with Crippen molar-refractivity contribution in [3.05, 3.63) is 0 Å². The molecule has 0 atom stereocenters. The van der Waals surface area contributed by atoms with Crippen molar-refractivity contribution in [3.63, 3.8) is 0 Å². The molecule has 1 aliphatic rings. The van der Waals surface area contributed by atoms with Crippen molar-refractivity contribution in [1.29, 1.82) is 0 Å². The van der Waals surface area contributed by atoms with E-state index in [1.807, 2.05) is 41.5 Å². The zero-order valence-electron chi connectivity index (χ0n) is 20.3. The van der Waals surface area contributed by atoms with Gasteiger partial charge >= 0.3 is 6.75 Å². The van der Waals surface area contributed by atoms with Gasteiger partial charge in [-0.15, -0.1) is 5.92 Å². The molecule has 28 heavy (non-hydrogen) atoms. The lowest BCUT2D eigenvalue weighted by Gasteiger charge is -2.44. The largest absolute Gasteiger partial charge is 0.532 e. The minimum absolute atomic E-state index is 0.0485. The summed E-state index contributed by atoms with van der Waals surface area (Å²) in [5.74, 6) is 6.82. The van der Waals surface area contributed by atoms with Crippen LogP contribution in [0.25, 0.3) is 0 Å². The Morgan fingerprint density at radius 1 is 0.821 bits per heavy atom. The molecule has 0 spiro atoms. The van der Waals surface area contributed by atoms with Crippen LogP contribution in [0, 0.1) is 11.7 Å². The highest BCUT2D eigenvalue weighted by molar-refractivity contribution is 6.74. The molecule has 0 radical (unpaired) electrons. The summed E-state index contributed by atoms with van der Waals surface area (Å²) in [6.07, 6.45) is 4.07. The van der Waals surface area contributed by atoms with Crippen molar-refractivity contribution in [2.24, 2.45) is 0 Å². The molecule has 0 N–H and O–H groups in total. The van der Waals surface area contributed by atoms with Crippen molar-refractivity contribution in [1.82, 2.24) is 0 Å². The Kier molecular flexibility index (Phi) is 8.87. The van der Waals surface area contributed by atoms with E-state index < -0.39 is 20.7 Å². The van der Waals surface area contributed by atoms with Crippen LogP contribution in [0.4, 0.5) is 0 Å². The topological polar surface area (TPSA) is 36.9 Å². The van der Waals surface area contributed by atoms with E-state index in [1.54, 1.807) is 0 Å². The number of hydrogen-bond donors (Lipinski definition) is 0. The molecule has 0 heterocycles. The quantitative estimate of drug-likeness (QED) is 0.358. The molecule has 164 valence electrons. The van der Waals surface area contributed by atoms with E-state index in [2.05, 4.69) is 45.6 Å². The van der Waals surface area contributed by atoms with Crippen molar-refractivity contribution in [3.8, 4) is 11.7 Å². The van der Waals surface area contributed by atoms with Gasteiger partial charge in [-0.2, -0.15) is 0 Å². The lowest BCUT2D eigenvalue weighted by atomic mass is 9.76.